The zero-order valence-electron chi connectivity index (χ0n) is 8.41. The van der Waals surface area contributed by atoms with Gasteiger partial charge in [0.1, 0.15) is 0 Å². The van der Waals surface area contributed by atoms with E-state index in [0.29, 0.717) is 17.3 Å². The highest BCUT2D eigenvalue weighted by Crippen LogP contribution is 2.20. The van der Waals surface area contributed by atoms with E-state index in [-0.39, 0.29) is 5.82 Å². The van der Waals surface area contributed by atoms with Crippen molar-refractivity contribution in [3.05, 3.63) is 29.9 Å². The first-order chi connectivity index (χ1) is 7.22. The topological polar surface area (TPSA) is 51.0 Å². The Bertz CT molecular complexity index is 468. The number of hydrogen-bond donors (Lipinski definition) is 1. The third-order valence-electron chi connectivity index (χ3n) is 2.00. The third kappa shape index (κ3) is 1.68. The Hall–Kier alpha value is -1.91. The summed E-state index contributed by atoms with van der Waals surface area (Å²) in [5.74, 6) is 0.638. The lowest BCUT2D eigenvalue weighted by Crippen LogP contribution is -2.03. The lowest BCUT2D eigenvalue weighted by molar-refractivity contribution is 0.571. The van der Waals surface area contributed by atoms with Crippen molar-refractivity contribution in [1.82, 2.24) is 9.97 Å². The molecule has 1 N–H and O–H groups in total. The minimum atomic E-state index is -0.437. The van der Waals surface area contributed by atoms with Gasteiger partial charge in [0.25, 0.3) is 0 Å². The lowest BCUT2D eigenvalue weighted by Gasteiger charge is -2.05. The van der Waals surface area contributed by atoms with Gasteiger partial charge in [0, 0.05) is 7.05 Å². The van der Waals surface area contributed by atoms with E-state index < -0.39 is 5.82 Å². The van der Waals surface area contributed by atoms with Crippen LogP contribution in [0.25, 0.3) is 11.6 Å². The fourth-order valence-corrected chi connectivity index (χ4v) is 1.24. The quantitative estimate of drug-likeness (QED) is 0.820. The van der Waals surface area contributed by atoms with Crippen LogP contribution < -0.4 is 5.32 Å². The molecule has 0 atom stereocenters. The number of nitrogens with one attached hydrogen (secondary N) is 1. The molecule has 15 heavy (non-hydrogen) atoms. The molecule has 0 saturated carbocycles. The van der Waals surface area contributed by atoms with Gasteiger partial charge in [0.15, 0.2) is 23.2 Å². The molecule has 0 spiro atoms. The van der Waals surface area contributed by atoms with Gasteiger partial charge < -0.3 is 9.73 Å². The van der Waals surface area contributed by atoms with Gasteiger partial charge in [0.05, 0.1) is 12.0 Å². The van der Waals surface area contributed by atoms with Crippen LogP contribution in [0.15, 0.2) is 22.8 Å². The van der Waals surface area contributed by atoms with Crippen molar-refractivity contribution >= 4 is 5.82 Å². The van der Waals surface area contributed by atoms with E-state index in [1.807, 2.05) is 0 Å². The largest absolute Gasteiger partial charge is 0.461 e. The monoisotopic (exact) mass is 207 g/mol. The zero-order valence-corrected chi connectivity index (χ0v) is 8.41. The highest BCUT2D eigenvalue weighted by atomic mass is 19.1. The van der Waals surface area contributed by atoms with Gasteiger partial charge in [-0.15, -0.1) is 0 Å². The predicted molar refractivity (Wildman–Crippen MR) is 54.0 cm³/mol. The standard InChI is InChI=1S/C10H10FN3O/c1-6-8(11)10(12-2)14-9(13-6)7-4-3-5-15-7/h3-5H,1-2H3,(H,12,13,14). The summed E-state index contributed by atoms with van der Waals surface area (Å²) in [7, 11) is 1.61. The van der Waals surface area contributed by atoms with Crippen LogP contribution in [0, 0.1) is 12.7 Å². The number of aryl methyl sites for hydroxylation is 1. The summed E-state index contributed by atoms with van der Waals surface area (Å²) >= 11 is 0. The van der Waals surface area contributed by atoms with Crippen LogP contribution in [-0.2, 0) is 0 Å². The van der Waals surface area contributed by atoms with E-state index in [4.69, 9.17) is 4.42 Å². The van der Waals surface area contributed by atoms with E-state index in [1.165, 1.54) is 6.26 Å². The molecule has 0 radical (unpaired) electrons. The van der Waals surface area contributed by atoms with E-state index >= 15 is 0 Å². The van der Waals surface area contributed by atoms with Crippen LogP contribution in [0.4, 0.5) is 10.2 Å². The summed E-state index contributed by atoms with van der Waals surface area (Å²) in [6, 6.07) is 3.46. The maximum atomic E-state index is 13.4. The Morgan fingerprint density at radius 3 is 2.80 bits per heavy atom. The number of aromatic nitrogens is 2. The summed E-state index contributed by atoms with van der Waals surface area (Å²) in [5, 5.41) is 2.67. The Kier molecular flexibility index (Phi) is 2.37. The molecule has 0 fully saturated rings. The second-order valence-electron chi connectivity index (χ2n) is 3.02. The molecule has 0 aliphatic rings. The molecule has 0 aliphatic heterocycles. The second-order valence-corrected chi connectivity index (χ2v) is 3.02. The maximum absolute atomic E-state index is 13.4. The van der Waals surface area contributed by atoms with Gasteiger partial charge in [-0.25, -0.2) is 14.4 Å². The van der Waals surface area contributed by atoms with Crippen LogP contribution in [0.5, 0.6) is 0 Å². The van der Waals surface area contributed by atoms with Gasteiger partial charge in [0.2, 0.25) is 0 Å². The number of hydrogen-bond acceptors (Lipinski definition) is 4. The van der Waals surface area contributed by atoms with Crippen LogP contribution in [0.3, 0.4) is 0 Å². The fraction of sp³-hybridized carbons (Fsp3) is 0.200. The highest BCUT2D eigenvalue weighted by Gasteiger charge is 2.12. The average molecular weight is 207 g/mol. The Balaban J connectivity index is 2.55. The van der Waals surface area contributed by atoms with Crippen molar-refractivity contribution in [3.8, 4) is 11.6 Å². The van der Waals surface area contributed by atoms with E-state index in [0.717, 1.165) is 0 Å². The molecule has 0 bridgehead atoms. The molecule has 0 unspecified atom stereocenters. The molecular formula is C10H10FN3O. The minimum absolute atomic E-state index is 0.175. The first-order valence-corrected chi connectivity index (χ1v) is 4.48. The van der Waals surface area contributed by atoms with E-state index in [1.54, 1.807) is 26.1 Å². The van der Waals surface area contributed by atoms with Crippen molar-refractivity contribution in [1.29, 1.82) is 0 Å². The minimum Gasteiger partial charge on any atom is -0.461 e. The molecule has 4 nitrogen and oxygen atoms in total. The van der Waals surface area contributed by atoms with Gasteiger partial charge in [-0.1, -0.05) is 0 Å². The molecule has 2 rings (SSSR count). The first-order valence-electron chi connectivity index (χ1n) is 4.48. The molecule has 0 aliphatic carbocycles. The SMILES string of the molecule is CNc1nc(-c2ccco2)nc(C)c1F. The number of halogens is 1. The molecule has 2 aromatic heterocycles. The number of nitrogens with zero attached hydrogens (tertiary/aromatic N) is 2. The average Bonchev–Trinajstić information content (AvgIpc) is 2.75. The van der Waals surface area contributed by atoms with Crippen molar-refractivity contribution in [2.24, 2.45) is 0 Å². The highest BCUT2D eigenvalue weighted by molar-refractivity contribution is 5.51. The van der Waals surface area contributed by atoms with Crippen LogP contribution in [0.1, 0.15) is 5.69 Å². The summed E-state index contributed by atoms with van der Waals surface area (Å²) in [5.41, 5.74) is 0.292. The lowest BCUT2D eigenvalue weighted by atomic mass is 10.3. The van der Waals surface area contributed by atoms with Gasteiger partial charge >= 0.3 is 0 Å². The van der Waals surface area contributed by atoms with E-state index in [2.05, 4.69) is 15.3 Å². The molecule has 78 valence electrons. The Morgan fingerprint density at radius 1 is 1.40 bits per heavy atom. The third-order valence-corrected chi connectivity index (χ3v) is 2.00. The van der Waals surface area contributed by atoms with Crippen molar-refractivity contribution in [2.75, 3.05) is 12.4 Å². The van der Waals surface area contributed by atoms with Gasteiger partial charge in [-0.2, -0.15) is 0 Å². The Morgan fingerprint density at radius 2 is 2.20 bits per heavy atom. The second kappa shape index (κ2) is 3.68. The smallest absolute Gasteiger partial charge is 0.198 e. The first kappa shape index (κ1) is 9.64. The summed E-state index contributed by atoms with van der Waals surface area (Å²) < 4.78 is 18.5. The van der Waals surface area contributed by atoms with Crippen molar-refractivity contribution in [2.45, 2.75) is 6.92 Å². The predicted octanol–water partition coefficient (Wildman–Crippen LogP) is 2.23. The van der Waals surface area contributed by atoms with Crippen molar-refractivity contribution < 1.29 is 8.81 Å². The van der Waals surface area contributed by atoms with Crippen LogP contribution in [-0.4, -0.2) is 17.0 Å². The van der Waals surface area contributed by atoms with Crippen LogP contribution >= 0.6 is 0 Å². The summed E-state index contributed by atoms with van der Waals surface area (Å²) in [4.78, 5) is 8.01. The summed E-state index contributed by atoms with van der Waals surface area (Å²) in [6.45, 7) is 1.59. The normalized spacial score (nSPS) is 10.3. The van der Waals surface area contributed by atoms with Gasteiger partial charge in [-0.3, -0.25) is 0 Å². The molecule has 0 saturated heterocycles. The molecule has 2 heterocycles. The number of furan rings is 1. The fourth-order valence-electron chi connectivity index (χ4n) is 1.24. The molecular weight excluding hydrogens is 197 g/mol. The maximum Gasteiger partial charge on any atom is 0.198 e. The number of rotatable bonds is 2. The molecule has 2 aromatic rings. The Labute approximate surface area is 86.2 Å². The molecule has 5 heteroatoms. The zero-order chi connectivity index (χ0) is 10.8. The van der Waals surface area contributed by atoms with Crippen LogP contribution in [0.2, 0.25) is 0 Å². The molecule has 0 amide bonds. The molecule has 0 aromatic carbocycles. The van der Waals surface area contributed by atoms with Gasteiger partial charge in [-0.05, 0) is 19.1 Å². The number of anilines is 1. The van der Waals surface area contributed by atoms with Crippen molar-refractivity contribution in [3.63, 3.8) is 0 Å². The summed E-state index contributed by atoms with van der Waals surface area (Å²) in [6.07, 6.45) is 1.52. The van der Waals surface area contributed by atoms with E-state index in [9.17, 15) is 4.39 Å².